The summed E-state index contributed by atoms with van der Waals surface area (Å²) in [5.74, 6) is 1.51. The Kier molecular flexibility index (Phi) is 10.3. The molecule has 0 saturated carbocycles. The summed E-state index contributed by atoms with van der Waals surface area (Å²) in [5, 5.41) is 11.1. The third-order valence-corrected chi connectivity index (χ3v) is 7.66. The summed E-state index contributed by atoms with van der Waals surface area (Å²) < 4.78 is 29.2. The maximum Gasteiger partial charge on any atom is 0.343 e. The van der Waals surface area contributed by atoms with Gasteiger partial charge in [0.15, 0.2) is 11.5 Å². The van der Waals surface area contributed by atoms with E-state index >= 15 is 0 Å². The molecule has 0 radical (unpaired) electrons. The molecule has 1 aliphatic heterocycles. The van der Waals surface area contributed by atoms with Crippen molar-refractivity contribution in [1.82, 2.24) is 0 Å². The first kappa shape index (κ1) is 32.6. The minimum atomic E-state index is -0.573. The Balaban J connectivity index is 1.38. The highest BCUT2D eigenvalue weighted by Crippen LogP contribution is 2.45. The molecule has 1 heterocycles. The lowest BCUT2D eigenvalue weighted by Gasteiger charge is -2.27. The van der Waals surface area contributed by atoms with Gasteiger partial charge in [-0.1, -0.05) is 55.2 Å². The first-order chi connectivity index (χ1) is 22.2. The number of benzene rings is 4. The number of nitrogens with two attached hydrogens (primary N) is 1. The van der Waals surface area contributed by atoms with Gasteiger partial charge in [0.1, 0.15) is 35.5 Å². The highest BCUT2D eigenvalue weighted by atomic mass is 35.5. The van der Waals surface area contributed by atoms with Crippen molar-refractivity contribution in [2.45, 2.75) is 33.3 Å². The Labute approximate surface area is 277 Å². The topological polar surface area (TPSA) is 113 Å². The summed E-state index contributed by atoms with van der Waals surface area (Å²) in [5.41, 5.74) is 9.00. The van der Waals surface area contributed by atoms with Crippen molar-refractivity contribution in [3.63, 3.8) is 0 Å². The van der Waals surface area contributed by atoms with Crippen molar-refractivity contribution >= 4 is 29.2 Å². The maximum atomic E-state index is 12.9. The Morgan fingerprint density at radius 3 is 2.39 bits per heavy atom. The highest BCUT2D eigenvalue weighted by Gasteiger charge is 2.32. The minimum absolute atomic E-state index is 0.0453. The van der Waals surface area contributed by atoms with Gasteiger partial charge in [0.2, 0.25) is 5.88 Å². The second-order valence-corrected chi connectivity index (χ2v) is 11.8. The van der Waals surface area contributed by atoms with Crippen LogP contribution in [0, 0.1) is 17.2 Å². The van der Waals surface area contributed by atoms with Crippen LogP contribution >= 0.6 is 23.2 Å². The van der Waals surface area contributed by atoms with Crippen molar-refractivity contribution in [2.75, 3.05) is 13.2 Å². The zero-order chi connectivity index (χ0) is 32.8. The van der Waals surface area contributed by atoms with E-state index < -0.39 is 11.9 Å². The van der Waals surface area contributed by atoms with Crippen LogP contribution in [-0.4, -0.2) is 19.2 Å². The van der Waals surface area contributed by atoms with Gasteiger partial charge in [0, 0.05) is 27.2 Å². The zero-order valence-corrected chi connectivity index (χ0v) is 27.0. The van der Waals surface area contributed by atoms with E-state index in [0.717, 1.165) is 11.1 Å². The van der Waals surface area contributed by atoms with Crippen LogP contribution in [0.15, 0.2) is 90.3 Å². The second kappa shape index (κ2) is 14.5. The van der Waals surface area contributed by atoms with Crippen LogP contribution in [-0.2, 0) is 6.61 Å². The summed E-state index contributed by atoms with van der Waals surface area (Å²) in [4.78, 5) is 12.9. The summed E-state index contributed by atoms with van der Waals surface area (Å²) in [6.07, 6.45) is 0. The molecule has 1 atom stereocenters. The Morgan fingerprint density at radius 1 is 0.935 bits per heavy atom. The lowest BCUT2D eigenvalue weighted by molar-refractivity contribution is 0.0734. The molecule has 0 spiro atoms. The number of hydrogen-bond acceptors (Lipinski definition) is 8. The van der Waals surface area contributed by atoms with E-state index in [1.165, 1.54) is 0 Å². The molecule has 0 fully saturated rings. The van der Waals surface area contributed by atoms with E-state index in [2.05, 4.69) is 19.9 Å². The molecule has 10 heteroatoms. The molecular weight excluding hydrogens is 627 g/mol. The first-order valence-corrected chi connectivity index (χ1v) is 15.4. The van der Waals surface area contributed by atoms with E-state index in [-0.39, 0.29) is 23.8 Å². The van der Waals surface area contributed by atoms with Crippen molar-refractivity contribution in [3.05, 3.63) is 123 Å². The molecule has 46 heavy (non-hydrogen) atoms. The van der Waals surface area contributed by atoms with Crippen LogP contribution in [0.3, 0.4) is 0 Å². The fraction of sp³-hybridized carbons (Fsp3) is 0.222. The number of fused-ring (bicyclic) bond motifs is 1. The number of carbonyl (C=O) groups is 1. The van der Waals surface area contributed by atoms with Crippen LogP contribution in [0.1, 0.15) is 53.7 Å². The molecule has 0 aromatic heterocycles. The van der Waals surface area contributed by atoms with Crippen LogP contribution in [0.4, 0.5) is 0 Å². The number of carbonyl (C=O) groups excluding carboxylic acids is 1. The van der Waals surface area contributed by atoms with Gasteiger partial charge in [-0.3, -0.25) is 0 Å². The fourth-order valence-electron chi connectivity index (χ4n) is 4.84. The molecule has 0 aliphatic carbocycles. The lowest BCUT2D eigenvalue weighted by atomic mass is 9.83. The monoisotopic (exact) mass is 658 g/mol. The van der Waals surface area contributed by atoms with E-state index in [9.17, 15) is 10.1 Å². The normalized spacial score (nSPS) is 13.8. The van der Waals surface area contributed by atoms with Crippen LogP contribution < -0.4 is 29.4 Å². The average Bonchev–Trinajstić information content (AvgIpc) is 3.03. The minimum Gasteiger partial charge on any atom is -0.493 e. The second-order valence-electron chi connectivity index (χ2n) is 10.9. The molecule has 1 unspecified atom stereocenters. The predicted molar refractivity (Wildman–Crippen MR) is 176 cm³/mol. The number of hydrogen-bond donors (Lipinski definition) is 1. The standard InChI is InChI=1S/C36H32Cl2N2O6/c1-4-42-33-15-23(8-14-31(33)44-20-24-5-9-25(37)16-30(24)38)34-28-13-12-27(17-32(28)46-35(40)29(34)18-39)45-36(41)22-6-10-26(11-7-22)43-19-21(2)3/h5-17,21,34H,4,19-20,40H2,1-3H3. The van der Waals surface area contributed by atoms with E-state index in [0.29, 0.717) is 63.3 Å². The summed E-state index contributed by atoms with van der Waals surface area (Å²) >= 11 is 12.3. The lowest BCUT2D eigenvalue weighted by Crippen LogP contribution is -2.21. The largest absolute Gasteiger partial charge is 0.493 e. The van der Waals surface area contributed by atoms with Crippen molar-refractivity contribution in [1.29, 1.82) is 5.26 Å². The van der Waals surface area contributed by atoms with Crippen LogP contribution in [0.5, 0.6) is 28.7 Å². The Hall–Kier alpha value is -4.84. The Morgan fingerprint density at radius 2 is 1.70 bits per heavy atom. The Bertz CT molecular complexity index is 1810. The molecule has 8 nitrogen and oxygen atoms in total. The third kappa shape index (κ3) is 7.51. The van der Waals surface area contributed by atoms with Crippen LogP contribution in [0.2, 0.25) is 10.0 Å². The average molecular weight is 660 g/mol. The quantitative estimate of drug-likeness (QED) is 0.126. The van der Waals surface area contributed by atoms with Gasteiger partial charge in [-0.15, -0.1) is 0 Å². The number of halogens is 2. The third-order valence-electron chi connectivity index (χ3n) is 7.07. The molecule has 1 aliphatic rings. The molecule has 0 amide bonds. The number of ether oxygens (including phenoxy) is 5. The molecular formula is C36H32Cl2N2O6. The highest BCUT2D eigenvalue weighted by molar-refractivity contribution is 6.35. The molecule has 2 N–H and O–H groups in total. The van der Waals surface area contributed by atoms with Gasteiger partial charge in [0.05, 0.1) is 24.7 Å². The van der Waals surface area contributed by atoms with E-state index in [1.54, 1.807) is 66.7 Å². The van der Waals surface area contributed by atoms with Gasteiger partial charge in [-0.25, -0.2) is 4.79 Å². The van der Waals surface area contributed by atoms with Crippen molar-refractivity contribution in [2.24, 2.45) is 11.7 Å². The van der Waals surface area contributed by atoms with Gasteiger partial charge < -0.3 is 29.4 Å². The van der Waals surface area contributed by atoms with Crippen molar-refractivity contribution < 1.29 is 28.5 Å². The maximum absolute atomic E-state index is 12.9. The van der Waals surface area contributed by atoms with Crippen LogP contribution in [0.25, 0.3) is 0 Å². The zero-order valence-electron chi connectivity index (χ0n) is 25.5. The van der Waals surface area contributed by atoms with E-state index in [1.807, 2.05) is 19.1 Å². The molecule has 0 saturated heterocycles. The van der Waals surface area contributed by atoms with Gasteiger partial charge in [-0.2, -0.15) is 5.26 Å². The van der Waals surface area contributed by atoms with E-state index in [4.69, 9.17) is 52.6 Å². The number of nitriles is 1. The number of esters is 1. The molecule has 4 aromatic carbocycles. The molecule has 4 aromatic rings. The smallest absolute Gasteiger partial charge is 0.343 e. The van der Waals surface area contributed by atoms with Gasteiger partial charge in [-0.05, 0) is 73.0 Å². The number of allylic oxidation sites excluding steroid dienone is 1. The van der Waals surface area contributed by atoms with Crippen molar-refractivity contribution in [3.8, 4) is 34.8 Å². The summed E-state index contributed by atoms with van der Waals surface area (Å²) in [6, 6.07) is 24.6. The predicted octanol–water partition coefficient (Wildman–Crippen LogP) is 8.44. The number of rotatable bonds is 11. The first-order valence-electron chi connectivity index (χ1n) is 14.7. The molecule has 0 bridgehead atoms. The summed E-state index contributed by atoms with van der Waals surface area (Å²) in [6.45, 7) is 7.15. The van der Waals surface area contributed by atoms with Gasteiger partial charge >= 0.3 is 5.97 Å². The molecule has 236 valence electrons. The van der Waals surface area contributed by atoms with Gasteiger partial charge in [0.25, 0.3) is 0 Å². The molecule has 5 rings (SSSR count). The number of nitrogens with zero attached hydrogens (tertiary/aromatic N) is 1. The summed E-state index contributed by atoms with van der Waals surface area (Å²) in [7, 11) is 0. The SMILES string of the molecule is CCOc1cc(C2C(C#N)=C(N)Oc3cc(OC(=O)c4ccc(OCC(C)C)cc4)ccc32)ccc1OCc1ccc(Cl)cc1Cl. The fourth-order valence-corrected chi connectivity index (χ4v) is 5.31.